The van der Waals surface area contributed by atoms with E-state index in [1.807, 2.05) is 0 Å². The van der Waals surface area contributed by atoms with Crippen molar-refractivity contribution in [1.29, 1.82) is 0 Å². The van der Waals surface area contributed by atoms with Crippen molar-refractivity contribution in [3.63, 3.8) is 0 Å². The maximum atomic E-state index is 12.0. The highest BCUT2D eigenvalue weighted by molar-refractivity contribution is 5.85. The third kappa shape index (κ3) is 3.95. The Hall–Kier alpha value is -1.59. The van der Waals surface area contributed by atoms with E-state index in [0.29, 0.717) is 25.8 Å². The number of nitrogens with one attached hydrogen (secondary N) is 1. The highest BCUT2D eigenvalue weighted by atomic mass is 16.4. The minimum Gasteiger partial charge on any atom is -0.481 e. The molecular weight excluding hydrogens is 272 g/mol. The molecule has 1 saturated heterocycles. The first-order valence-electron chi connectivity index (χ1n) is 7.81. The molecule has 1 aliphatic carbocycles. The van der Waals surface area contributed by atoms with Crippen molar-refractivity contribution in [1.82, 2.24) is 10.2 Å². The third-order valence-corrected chi connectivity index (χ3v) is 4.64. The molecule has 1 saturated carbocycles. The Morgan fingerprint density at radius 1 is 1.14 bits per heavy atom. The Morgan fingerprint density at radius 3 is 2.52 bits per heavy atom. The van der Waals surface area contributed by atoms with Gasteiger partial charge in [-0.05, 0) is 25.7 Å². The van der Waals surface area contributed by atoms with Crippen molar-refractivity contribution in [2.75, 3.05) is 19.6 Å². The first kappa shape index (κ1) is 15.8. The van der Waals surface area contributed by atoms with Crippen molar-refractivity contribution >= 4 is 17.8 Å². The maximum absolute atomic E-state index is 12.0. The number of carboxylic acids is 1. The molecule has 6 nitrogen and oxygen atoms in total. The van der Waals surface area contributed by atoms with E-state index in [9.17, 15) is 19.5 Å². The monoisotopic (exact) mass is 296 g/mol. The topological polar surface area (TPSA) is 86.7 Å². The molecule has 0 aromatic carbocycles. The zero-order valence-electron chi connectivity index (χ0n) is 12.4. The predicted molar refractivity (Wildman–Crippen MR) is 76.6 cm³/mol. The molecule has 0 aromatic heterocycles. The summed E-state index contributed by atoms with van der Waals surface area (Å²) < 4.78 is 0. The number of nitrogens with zero attached hydrogens (tertiary/aromatic N) is 1. The predicted octanol–water partition coefficient (Wildman–Crippen LogP) is 1.15. The van der Waals surface area contributed by atoms with Crippen LogP contribution in [0.25, 0.3) is 0 Å². The molecule has 118 valence electrons. The van der Waals surface area contributed by atoms with E-state index in [1.54, 1.807) is 4.90 Å². The number of carboxylic acid groups (broad SMARTS) is 1. The summed E-state index contributed by atoms with van der Waals surface area (Å²) in [6.45, 7) is 0.841. The number of amides is 2. The van der Waals surface area contributed by atoms with Crippen LogP contribution in [-0.4, -0.2) is 47.4 Å². The van der Waals surface area contributed by atoms with Gasteiger partial charge in [0.2, 0.25) is 11.8 Å². The smallest absolute Gasteiger partial charge is 0.311 e. The van der Waals surface area contributed by atoms with Gasteiger partial charge in [0.15, 0.2) is 0 Å². The van der Waals surface area contributed by atoms with E-state index < -0.39 is 11.4 Å². The van der Waals surface area contributed by atoms with Gasteiger partial charge in [0.05, 0.1) is 12.0 Å². The Balaban J connectivity index is 1.83. The van der Waals surface area contributed by atoms with E-state index in [4.69, 9.17) is 0 Å². The number of aliphatic carboxylic acids is 1. The number of rotatable bonds is 5. The molecule has 0 bridgehead atoms. The largest absolute Gasteiger partial charge is 0.481 e. The summed E-state index contributed by atoms with van der Waals surface area (Å²) >= 11 is 0. The van der Waals surface area contributed by atoms with Crippen LogP contribution in [0.15, 0.2) is 0 Å². The summed E-state index contributed by atoms with van der Waals surface area (Å²) in [6, 6.07) is 0. The molecule has 0 aromatic rings. The van der Waals surface area contributed by atoms with Gasteiger partial charge >= 0.3 is 5.97 Å². The Kier molecular flexibility index (Phi) is 5.20. The number of carbonyl (C=O) groups is 3. The van der Waals surface area contributed by atoms with Crippen LogP contribution in [0.5, 0.6) is 0 Å². The normalized spacial score (nSPS) is 21.9. The van der Waals surface area contributed by atoms with Gasteiger partial charge in [-0.2, -0.15) is 0 Å². The number of hydrogen-bond acceptors (Lipinski definition) is 3. The van der Waals surface area contributed by atoms with Crippen LogP contribution in [0.3, 0.4) is 0 Å². The zero-order valence-corrected chi connectivity index (χ0v) is 12.4. The highest BCUT2D eigenvalue weighted by Crippen LogP contribution is 2.37. The van der Waals surface area contributed by atoms with E-state index in [1.165, 1.54) is 0 Å². The average Bonchev–Trinajstić information content (AvgIpc) is 2.85. The molecular formula is C15H24N2O4. The van der Waals surface area contributed by atoms with Gasteiger partial charge in [-0.15, -0.1) is 0 Å². The van der Waals surface area contributed by atoms with E-state index >= 15 is 0 Å². The fourth-order valence-electron chi connectivity index (χ4n) is 3.22. The SMILES string of the molecule is O=C(CN1CCCCCC1=O)NCC1(C(=O)O)CCCC1. The van der Waals surface area contributed by atoms with Crippen molar-refractivity contribution in [2.24, 2.45) is 5.41 Å². The second-order valence-corrected chi connectivity index (χ2v) is 6.20. The lowest BCUT2D eigenvalue weighted by Gasteiger charge is -2.25. The van der Waals surface area contributed by atoms with Gasteiger partial charge in [-0.1, -0.05) is 19.3 Å². The molecule has 2 rings (SSSR count). The first-order valence-corrected chi connectivity index (χ1v) is 7.81. The molecule has 2 amide bonds. The summed E-state index contributed by atoms with van der Waals surface area (Å²) in [7, 11) is 0. The van der Waals surface area contributed by atoms with E-state index in [0.717, 1.165) is 32.1 Å². The summed E-state index contributed by atoms with van der Waals surface area (Å²) in [6.07, 6.45) is 6.37. The van der Waals surface area contributed by atoms with Crippen LogP contribution in [0.4, 0.5) is 0 Å². The van der Waals surface area contributed by atoms with E-state index in [2.05, 4.69) is 5.32 Å². The van der Waals surface area contributed by atoms with Gasteiger partial charge in [0.1, 0.15) is 0 Å². The molecule has 0 radical (unpaired) electrons. The third-order valence-electron chi connectivity index (χ3n) is 4.64. The Morgan fingerprint density at radius 2 is 1.86 bits per heavy atom. The summed E-state index contributed by atoms with van der Waals surface area (Å²) in [4.78, 5) is 36.8. The van der Waals surface area contributed by atoms with Crippen molar-refractivity contribution in [2.45, 2.75) is 51.4 Å². The molecule has 1 heterocycles. The van der Waals surface area contributed by atoms with Crippen molar-refractivity contribution in [3.05, 3.63) is 0 Å². The quantitative estimate of drug-likeness (QED) is 0.797. The molecule has 2 aliphatic rings. The lowest BCUT2D eigenvalue weighted by molar-refractivity contribution is -0.148. The van der Waals surface area contributed by atoms with Gasteiger partial charge in [0.25, 0.3) is 0 Å². The van der Waals surface area contributed by atoms with Crippen molar-refractivity contribution < 1.29 is 19.5 Å². The second-order valence-electron chi connectivity index (χ2n) is 6.20. The standard InChI is InChI=1S/C15H24N2O4/c18-12(10-17-9-5-1-2-6-13(17)19)16-11-15(14(20)21)7-3-4-8-15/h1-11H2,(H,16,18)(H,20,21). The van der Waals surface area contributed by atoms with Crippen LogP contribution >= 0.6 is 0 Å². The lowest BCUT2D eigenvalue weighted by atomic mass is 9.86. The molecule has 1 aliphatic heterocycles. The lowest BCUT2D eigenvalue weighted by Crippen LogP contribution is -2.46. The zero-order chi connectivity index (χ0) is 15.3. The fourth-order valence-corrected chi connectivity index (χ4v) is 3.22. The molecule has 2 fully saturated rings. The molecule has 0 atom stereocenters. The minimum atomic E-state index is -0.828. The average molecular weight is 296 g/mol. The van der Waals surface area contributed by atoms with Crippen LogP contribution in [0, 0.1) is 5.41 Å². The van der Waals surface area contributed by atoms with Crippen LogP contribution in [0.1, 0.15) is 51.4 Å². The second kappa shape index (κ2) is 6.91. The Bertz CT molecular complexity index is 416. The fraction of sp³-hybridized carbons (Fsp3) is 0.800. The van der Waals surface area contributed by atoms with Crippen molar-refractivity contribution in [3.8, 4) is 0 Å². The van der Waals surface area contributed by atoms with Crippen LogP contribution < -0.4 is 5.32 Å². The molecule has 2 N–H and O–H groups in total. The maximum Gasteiger partial charge on any atom is 0.311 e. The highest BCUT2D eigenvalue weighted by Gasteiger charge is 2.41. The molecule has 0 spiro atoms. The van der Waals surface area contributed by atoms with Gasteiger partial charge in [0, 0.05) is 19.5 Å². The number of likely N-dealkylation sites (tertiary alicyclic amines) is 1. The number of carbonyl (C=O) groups excluding carboxylic acids is 2. The molecule has 6 heteroatoms. The number of hydrogen-bond donors (Lipinski definition) is 2. The minimum absolute atomic E-state index is 0.0245. The summed E-state index contributed by atoms with van der Waals surface area (Å²) in [5.74, 6) is -1.06. The Labute approximate surface area is 124 Å². The van der Waals surface area contributed by atoms with Gasteiger partial charge < -0.3 is 15.3 Å². The molecule has 21 heavy (non-hydrogen) atoms. The van der Waals surface area contributed by atoms with Gasteiger partial charge in [-0.3, -0.25) is 14.4 Å². The summed E-state index contributed by atoms with van der Waals surface area (Å²) in [5.41, 5.74) is -0.807. The van der Waals surface area contributed by atoms with E-state index in [-0.39, 0.29) is 24.9 Å². The summed E-state index contributed by atoms with van der Waals surface area (Å²) in [5, 5.41) is 12.1. The van der Waals surface area contributed by atoms with Gasteiger partial charge in [-0.25, -0.2) is 0 Å². The van der Waals surface area contributed by atoms with Crippen LogP contribution in [0.2, 0.25) is 0 Å². The molecule has 0 unspecified atom stereocenters. The first-order chi connectivity index (χ1) is 10.0. The van der Waals surface area contributed by atoms with Crippen LogP contribution in [-0.2, 0) is 14.4 Å².